The molecule has 0 bridgehead atoms. The van der Waals surface area contributed by atoms with Crippen molar-refractivity contribution >= 4 is 41.1 Å². The van der Waals surface area contributed by atoms with Crippen LogP contribution in [0.4, 0.5) is 10.5 Å². The summed E-state index contributed by atoms with van der Waals surface area (Å²) >= 11 is 11.2. The van der Waals surface area contributed by atoms with Crippen LogP contribution in [0.25, 0.3) is 0 Å². The molecular weight excluding hydrogens is 343 g/mol. The Hall–Kier alpha value is -2.12. The summed E-state index contributed by atoms with van der Waals surface area (Å²) in [6, 6.07) is 5.21. The first-order chi connectivity index (χ1) is 10.6. The van der Waals surface area contributed by atoms with E-state index < -0.39 is 16.5 Å². The van der Waals surface area contributed by atoms with E-state index in [0.717, 1.165) is 0 Å². The lowest BCUT2D eigenvalue weighted by Crippen LogP contribution is -2.45. The van der Waals surface area contributed by atoms with Gasteiger partial charge in [0.15, 0.2) is 0 Å². The lowest BCUT2D eigenvalue weighted by atomic mass is 10.1. The van der Waals surface area contributed by atoms with Gasteiger partial charge >= 0.3 is 6.03 Å². The number of nitrogens with one attached hydrogen (secondary N) is 1. The molecule has 0 aliphatic rings. The van der Waals surface area contributed by atoms with Crippen LogP contribution < -0.4 is 5.43 Å². The third kappa shape index (κ3) is 6.25. The van der Waals surface area contributed by atoms with Gasteiger partial charge < -0.3 is 0 Å². The molecule has 1 aromatic rings. The van der Waals surface area contributed by atoms with E-state index in [-0.39, 0.29) is 10.2 Å². The average Bonchev–Trinajstić information content (AvgIpc) is 2.43. The highest BCUT2D eigenvalue weighted by Gasteiger charge is 2.25. The number of nitrogens with zero attached hydrogens (tertiary/aromatic N) is 3. The van der Waals surface area contributed by atoms with E-state index in [1.807, 2.05) is 0 Å². The average molecular weight is 359 g/mol. The summed E-state index contributed by atoms with van der Waals surface area (Å²) in [6.07, 6.45) is 2.66. The Bertz CT molecular complexity index is 632. The molecule has 0 heterocycles. The summed E-state index contributed by atoms with van der Waals surface area (Å²) in [7, 11) is 0. The van der Waals surface area contributed by atoms with Crippen LogP contribution in [-0.2, 0) is 0 Å². The normalized spacial score (nSPS) is 11.2. The quantitative estimate of drug-likeness (QED) is 0.500. The number of urea groups is 1. The maximum absolute atomic E-state index is 12.1. The molecule has 0 spiro atoms. The predicted molar refractivity (Wildman–Crippen MR) is 90.6 cm³/mol. The van der Waals surface area contributed by atoms with Crippen LogP contribution in [0.2, 0.25) is 0 Å². The lowest BCUT2D eigenvalue weighted by Gasteiger charge is -2.31. The minimum atomic E-state index is -0.554. The van der Waals surface area contributed by atoms with Crippen molar-refractivity contribution in [3.8, 4) is 0 Å². The third-order valence-corrected chi connectivity index (χ3v) is 2.84. The molecule has 7 nitrogen and oxygen atoms in total. The standard InChI is InChI=1S/C14H16Cl2N4O3/c1-14(2,3)19(9-12(15)16)13(21)18-17-8-10-4-6-11(7-5-10)20(22)23/h4-9H,1-3H3,(H,18,21). The molecule has 1 N–H and O–H groups in total. The van der Waals surface area contributed by atoms with Gasteiger partial charge in [-0.3, -0.25) is 15.0 Å². The Morgan fingerprint density at radius 3 is 2.30 bits per heavy atom. The van der Waals surface area contributed by atoms with Gasteiger partial charge in [0.05, 0.1) is 11.1 Å². The molecule has 0 atom stereocenters. The number of amides is 2. The van der Waals surface area contributed by atoms with Crippen molar-refractivity contribution in [2.45, 2.75) is 26.3 Å². The second-order valence-corrected chi connectivity index (χ2v) is 6.49. The van der Waals surface area contributed by atoms with Crippen LogP contribution in [0.3, 0.4) is 0 Å². The van der Waals surface area contributed by atoms with Gasteiger partial charge in [0, 0.05) is 23.9 Å². The maximum atomic E-state index is 12.1. The van der Waals surface area contributed by atoms with E-state index in [0.29, 0.717) is 5.56 Å². The van der Waals surface area contributed by atoms with Crippen molar-refractivity contribution in [2.24, 2.45) is 5.10 Å². The van der Waals surface area contributed by atoms with Gasteiger partial charge in [0.1, 0.15) is 4.49 Å². The SMILES string of the molecule is CC(C)(C)N(C=C(Cl)Cl)C(=O)NN=Cc1ccc([N+](=O)[O-])cc1. The largest absolute Gasteiger partial charge is 0.342 e. The molecular formula is C14H16Cl2N4O3. The van der Waals surface area contributed by atoms with E-state index in [2.05, 4.69) is 10.5 Å². The number of hydrogen-bond acceptors (Lipinski definition) is 4. The van der Waals surface area contributed by atoms with Crippen LogP contribution in [-0.4, -0.2) is 27.6 Å². The van der Waals surface area contributed by atoms with Gasteiger partial charge in [-0.15, -0.1) is 0 Å². The minimum Gasteiger partial charge on any atom is -0.292 e. The van der Waals surface area contributed by atoms with E-state index in [9.17, 15) is 14.9 Å². The van der Waals surface area contributed by atoms with Crippen LogP contribution in [0.15, 0.2) is 40.1 Å². The van der Waals surface area contributed by atoms with Crippen LogP contribution in [0.1, 0.15) is 26.3 Å². The lowest BCUT2D eigenvalue weighted by molar-refractivity contribution is -0.384. The first kappa shape index (κ1) is 18.9. The molecule has 9 heteroatoms. The number of carbonyl (C=O) groups excluding carboxylic acids is 1. The fourth-order valence-corrected chi connectivity index (χ4v) is 1.75. The molecule has 1 aromatic carbocycles. The maximum Gasteiger partial charge on any atom is 0.342 e. The first-order valence-electron chi connectivity index (χ1n) is 6.51. The first-order valence-corrected chi connectivity index (χ1v) is 7.26. The van der Waals surface area contributed by atoms with E-state index in [1.165, 1.54) is 41.6 Å². The number of hydrogen-bond donors (Lipinski definition) is 1. The Labute approximate surface area is 143 Å². The fourth-order valence-electron chi connectivity index (χ4n) is 1.55. The number of nitro groups is 1. The molecule has 0 aromatic heterocycles. The molecule has 0 saturated carbocycles. The van der Waals surface area contributed by atoms with Crippen LogP contribution >= 0.6 is 23.2 Å². The van der Waals surface area contributed by atoms with Crippen molar-refractivity contribution in [3.05, 3.63) is 50.6 Å². The van der Waals surface area contributed by atoms with Crippen molar-refractivity contribution in [3.63, 3.8) is 0 Å². The second kappa shape index (κ2) is 7.94. The van der Waals surface area contributed by atoms with Gasteiger partial charge in [-0.25, -0.2) is 10.2 Å². The van der Waals surface area contributed by atoms with Crippen LogP contribution in [0.5, 0.6) is 0 Å². The van der Waals surface area contributed by atoms with Gasteiger partial charge in [-0.2, -0.15) is 5.10 Å². The molecule has 1 rings (SSSR count). The zero-order valence-corrected chi connectivity index (χ0v) is 14.3. The van der Waals surface area contributed by atoms with Crippen molar-refractivity contribution in [2.75, 3.05) is 0 Å². The summed E-state index contributed by atoms with van der Waals surface area (Å²) in [6.45, 7) is 5.42. The number of benzene rings is 1. The highest BCUT2D eigenvalue weighted by molar-refractivity contribution is 6.55. The number of hydrazone groups is 1. The molecule has 124 valence electrons. The molecule has 0 aliphatic heterocycles. The summed E-state index contributed by atoms with van der Waals surface area (Å²) < 4.78 is -0.0607. The molecule has 23 heavy (non-hydrogen) atoms. The Morgan fingerprint density at radius 1 is 1.30 bits per heavy atom. The highest BCUT2D eigenvalue weighted by atomic mass is 35.5. The number of nitro benzene ring substituents is 1. The third-order valence-electron chi connectivity index (χ3n) is 2.65. The van der Waals surface area contributed by atoms with E-state index in [4.69, 9.17) is 23.2 Å². The summed E-state index contributed by atoms with van der Waals surface area (Å²) in [5.74, 6) is 0. The van der Waals surface area contributed by atoms with Gasteiger partial charge in [-0.05, 0) is 38.5 Å². The summed E-state index contributed by atoms with van der Waals surface area (Å²) in [4.78, 5) is 23.5. The Balaban J connectivity index is 2.77. The number of rotatable bonds is 4. The van der Waals surface area contributed by atoms with Gasteiger partial charge in [0.2, 0.25) is 0 Å². The topological polar surface area (TPSA) is 87.8 Å². The molecule has 0 radical (unpaired) electrons. The molecule has 0 aliphatic carbocycles. The number of non-ortho nitro benzene ring substituents is 1. The van der Waals surface area contributed by atoms with E-state index in [1.54, 1.807) is 20.8 Å². The number of carbonyl (C=O) groups is 1. The zero-order chi connectivity index (χ0) is 17.6. The highest BCUT2D eigenvalue weighted by Crippen LogP contribution is 2.18. The zero-order valence-electron chi connectivity index (χ0n) is 12.8. The molecule has 0 fully saturated rings. The molecule has 0 unspecified atom stereocenters. The Kier molecular flexibility index (Phi) is 6.53. The van der Waals surface area contributed by atoms with Crippen molar-refractivity contribution in [1.82, 2.24) is 10.3 Å². The van der Waals surface area contributed by atoms with Crippen molar-refractivity contribution < 1.29 is 9.72 Å². The van der Waals surface area contributed by atoms with Crippen molar-refractivity contribution in [1.29, 1.82) is 0 Å². The molecule has 2 amide bonds. The second-order valence-electron chi connectivity index (χ2n) is 5.48. The Morgan fingerprint density at radius 2 is 1.87 bits per heavy atom. The van der Waals surface area contributed by atoms with Gasteiger partial charge in [0.25, 0.3) is 5.69 Å². The van der Waals surface area contributed by atoms with Gasteiger partial charge in [-0.1, -0.05) is 23.2 Å². The number of halogens is 2. The van der Waals surface area contributed by atoms with Crippen LogP contribution in [0, 0.1) is 10.1 Å². The minimum absolute atomic E-state index is 0.0213. The summed E-state index contributed by atoms with van der Waals surface area (Å²) in [5, 5.41) is 14.4. The molecule has 0 saturated heterocycles. The van der Waals surface area contributed by atoms with E-state index >= 15 is 0 Å². The smallest absolute Gasteiger partial charge is 0.292 e. The predicted octanol–water partition coefficient (Wildman–Crippen LogP) is 4.02. The monoisotopic (exact) mass is 358 g/mol. The summed E-state index contributed by atoms with van der Waals surface area (Å²) in [5.41, 5.74) is 2.37. The fraction of sp³-hybridized carbons (Fsp3) is 0.286.